The van der Waals surface area contributed by atoms with Gasteiger partial charge < -0.3 is 5.32 Å². The number of benzene rings is 2. The lowest BCUT2D eigenvalue weighted by atomic mass is 10.1. The van der Waals surface area contributed by atoms with Gasteiger partial charge in [-0.2, -0.15) is 0 Å². The van der Waals surface area contributed by atoms with Gasteiger partial charge in [0.25, 0.3) is 0 Å². The van der Waals surface area contributed by atoms with Crippen molar-refractivity contribution in [3.05, 3.63) is 48.0 Å². The van der Waals surface area contributed by atoms with Crippen molar-refractivity contribution in [1.82, 2.24) is 10.0 Å². The van der Waals surface area contributed by atoms with E-state index in [1.54, 1.807) is 0 Å². The minimum Gasteiger partial charge on any atom is -0.320 e. The lowest BCUT2D eigenvalue weighted by molar-refractivity contribution is 0.577. The molecule has 0 aromatic heterocycles. The molecule has 0 aliphatic heterocycles. The Balaban J connectivity index is 2.06. The molecule has 0 aliphatic rings. The van der Waals surface area contributed by atoms with Crippen LogP contribution in [-0.2, 0) is 16.6 Å². The van der Waals surface area contributed by atoms with Gasteiger partial charge in [0.2, 0.25) is 10.0 Å². The predicted octanol–water partition coefficient (Wildman–Crippen LogP) is 1.87. The second-order valence-electron chi connectivity index (χ2n) is 4.74. The van der Waals surface area contributed by atoms with Crippen molar-refractivity contribution in [3.63, 3.8) is 0 Å². The van der Waals surface area contributed by atoms with Crippen LogP contribution in [0, 0.1) is 0 Å². The highest BCUT2D eigenvalue weighted by molar-refractivity contribution is 7.89. The van der Waals surface area contributed by atoms with Crippen molar-refractivity contribution in [2.45, 2.75) is 13.0 Å². The van der Waals surface area contributed by atoms with Crippen molar-refractivity contribution in [2.24, 2.45) is 0 Å². The molecule has 2 N–H and O–H groups in total. The van der Waals surface area contributed by atoms with Crippen LogP contribution in [0.25, 0.3) is 10.8 Å². The third-order valence-corrected chi connectivity index (χ3v) is 4.61. The van der Waals surface area contributed by atoms with E-state index in [0.717, 1.165) is 16.3 Å². The lowest BCUT2D eigenvalue weighted by Crippen LogP contribution is -2.27. The molecule has 108 valence electrons. The third-order valence-electron chi connectivity index (χ3n) is 3.20. The summed E-state index contributed by atoms with van der Waals surface area (Å²) in [6, 6.07) is 13.9. The summed E-state index contributed by atoms with van der Waals surface area (Å²) in [6.45, 7) is 1.04. The smallest absolute Gasteiger partial charge is 0.211 e. The first-order valence-corrected chi connectivity index (χ1v) is 8.36. The van der Waals surface area contributed by atoms with Crippen molar-refractivity contribution >= 4 is 20.8 Å². The molecule has 5 heteroatoms. The number of hydrogen-bond donors (Lipinski definition) is 2. The van der Waals surface area contributed by atoms with Crippen LogP contribution >= 0.6 is 0 Å². The standard InChI is InChI=1S/C15H20N2O2S/c1-16-10-5-11-20(18,19)17-12-14-8-4-7-13-6-2-3-9-15(13)14/h2-4,6-9,16-17H,5,10-12H2,1H3. The minimum absolute atomic E-state index is 0.151. The molecule has 0 heterocycles. The summed E-state index contributed by atoms with van der Waals surface area (Å²) in [5.74, 6) is 0.151. The largest absolute Gasteiger partial charge is 0.320 e. The van der Waals surface area contributed by atoms with Crippen LogP contribution in [0.2, 0.25) is 0 Å². The van der Waals surface area contributed by atoms with Crippen LogP contribution in [0.5, 0.6) is 0 Å². The second kappa shape index (κ2) is 6.83. The van der Waals surface area contributed by atoms with Crippen LogP contribution < -0.4 is 10.0 Å². The van der Waals surface area contributed by atoms with Gasteiger partial charge in [0, 0.05) is 6.54 Å². The normalized spacial score (nSPS) is 11.8. The van der Waals surface area contributed by atoms with Gasteiger partial charge in [-0.3, -0.25) is 0 Å². The van der Waals surface area contributed by atoms with Gasteiger partial charge in [-0.25, -0.2) is 13.1 Å². The average molecular weight is 292 g/mol. The molecule has 0 unspecified atom stereocenters. The van der Waals surface area contributed by atoms with Crippen LogP contribution in [-0.4, -0.2) is 27.8 Å². The molecule has 0 saturated carbocycles. The molecule has 2 rings (SSSR count). The first kappa shape index (κ1) is 15.0. The van der Waals surface area contributed by atoms with Crippen molar-refractivity contribution in [1.29, 1.82) is 0 Å². The highest BCUT2D eigenvalue weighted by Gasteiger charge is 2.10. The van der Waals surface area contributed by atoms with E-state index in [-0.39, 0.29) is 5.75 Å². The topological polar surface area (TPSA) is 58.2 Å². The summed E-state index contributed by atoms with van der Waals surface area (Å²) in [4.78, 5) is 0. The van der Waals surface area contributed by atoms with E-state index < -0.39 is 10.0 Å². The summed E-state index contributed by atoms with van der Waals surface area (Å²) >= 11 is 0. The molecule has 0 spiro atoms. The van der Waals surface area contributed by atoms with E-state index in [0.29, 0.717) is 19.5 Å². The molecule has 20 heavy (non-hydrogen) atoms. The molecule has 4 nitrogen and oxygen atoms in total. The molecule has 0 saturated heterocycles. The number of sulfonamides is 1. The van der Waals surface area contributed by atoms with Crippen LogP contribution in [0.3, 0.4) is 0 Å². The molecule has 0 atom stereocenters. The zero-order chi connectivity index (χ0) is 14.4. The molecule has 0 bridgehead atoms. The Kier molecular flexibility index (Phi) is 5.11. The maximum absolute atomic E-state index is 11.9. The maximum atomic E-state index is 11.9. The molecular weight excluding hydrogens is 272 g/mol. The number of nitrogens with one attached hydrogen (secondary N) is 2. The van der Waals surface area contributed by atoms with Gasteiger partial charge in [-0.1, -0.05) is 42.5 Å². The Labute approximate surface area is 120 Å². The van der Waals surface area contributed by atoms with Gasteiger partial charge in [-0.15, -0.1) is 0 Å². The quantitative estimate of drug-likeness (QED) is 0.766. The number of fused-ring (bicyclic) bond motifs is 1. The number of hydrogen-bond acceptors (Lipinski definition) is 3. The fraction of sp³-hybridized carbons (Fsp3) is 0.333. The first-order valence-electron chi connectivity index (χ1n) is 6.71. The predicted molar refractivity (Wildman–Crippen MR) is 83.1 cm³/mol. The summed E-state index contributed by atoms with van der Waals surface area (Å²) in [7, 11) is -1.40. The summed E-state index contributed by atoms with van der Waals surface area (Å²) < 4.78 is 26.4. The highest BCUT2D eigenvalue weighted by Crippen LogP contribution is 2.18. The zero-order valence-electron chi connectivity index (χ0n) is 11.6. The SMILES string of the molecule is CNCCCS(=O)(=O)NCc1cccc2ccccc12. The number of rotatable bonds is 7. The van der Waals surface area contributed by atoms with Crippen molar-refractivity contribution < 1.29 is 8.42 Å². The van der Waals surface area contributed by atoms with E-state index in [4.69, 9.17) is 0 Å². The van der Waals surface area contributed by atoms with Crippen LogP contribution in [0.1, 0.15) is 12.0 Å². The second-order valence-corrected chi connectivity index (χ2v) is 6.66. The summed E-state index contributed by atoms with van der Waals surface area (Å²) in [5, 5.41) is 5.16. The van der Waals surface area contributed by atoms with Gasteiger partial charge in [0.1, 0.15) is 0 Å². The molecular formula is C15H20N2O2S. The Morgan fingerprint density at radius 1 is 1.05 bits per heavy atom. The van der Waals surface area contributed by atoms with Gasteiger partial charge in [-0.05, 0) is 36.3 Å². The molecule has 2 aromatic rings. The Bertz CT molecular complexity index is 663. The average Bonchev–Trinajstić information content (AvgIpc) is 2.45. The molecule has 0 fully saturated rings. The zero-order valence-corrected chi connectivity index (χ0v) is 12.4. The summed E-state index contributed by atoms with van der Waals surface area (Å²) in [6.07, 6.45) is 0.612. The summed E-state index contributed by atoms with van der Waals surface area (Å²) in [5.41, 5.74) is 1.00. The van der Waals surface area contributed by atoms with E-state index in [1.807, 2.05) is 49.5 Å². The molecule has 0 radical (unpaired) electrons. The molecule has 0 aliphatic carbocycles. The first-order chi connectivity index (χ1) is 9.62. The van der Waals surface area contributed by atoms with Crippen molar-refractivity contribution in [2.75, 3.05) is 19.3 Å². The Morgan fingerprint density at radius 3 is 2.60 bits per heavy atom. The Hall–Kier alpha value is -1.43. The maximum Gasteiger partial charge on any atom is 0.211 e. The lowest BCUT2D eigenvalue weighted by Gasteiger charge is -2.09. The fourth-order valence-corrected chi connectivity index (χ4v) is 3.19. The molecule has 2 aromatic carbocycles. The van der Waals surface area contributed by atoms with Crippen molar-refractivity contribution in [3.8, 4) is 0 Å². The van der Waals surface area contributed by atoms with Crippen LogP contribution in [0.4, 0.5) is 0 Å². The monoisotopic (exact) mass is 292 g/mol. The van der Waals surface area contributed by atoms with E-state index in [1.165, 1.54) is 0 Å². The Morgan fingerprint density at radius 2 is 1.80 bits per heavy atom. The minimum atomic E-state index is -3.21. The van der Waals surface area contributed by atoms with Gasteiger partial charge in [0.15, 0.2) is 0 Å². The van der Waals surface area contributed by atoms with Gasteiger partial charge >= 0.3 is 0 Å². The van der Waals surface area contributed by atoms with E-state index >= 15 is 0 Å². The fourth-order valence-electron chi connectivity index (χ4n) is 2.15. The van der Waals surface area contributed by atoms with E-state index in [2.05, 4.69) is 10.0 Å². The van der Waals surface area contributed by atoms with E-state index in [9.17, 15) is 8.42 Å². The third kappa shape index (κ3) is 4.03. The molecule has 0 amide bonds. The van der Waals surface area contributed by atoms with Crippen LogP contribution in [0.15, 0.2) is 42.5 Å². The van der Waals surface area contributed by atoms with Gasteiger partial charge in [0.05, 0.1) is 5.75 Å². The highest BCUT2D eigenvalue weighted by atomic mass is 32.2.